The first kappa shape index (κ1) is 24.9. The first-order valence-corrected chi connectivity index (χ1v) is 13.4. The van der Waals surface area contributed by atoms with Gasteiger partial charge in [-0.3, -0.25) is 4.79 Å². The summed E-state index contributed by atoms with van der Waals surface area (Å²) < 4.78 is 54.7. The summed E-state index contributed by atoms with van der Waals surface area (Å²) in [6.45, 7) is -0.231. The summed E-state index contributed by atoms with van der Waals surface area (Å²) in [4.78, 5) is 12.7. The van der Waals surface area contributed by atoms with E-state index in [9.17, 15) is 21.6 Å². The predicted octanol–water partition coefficient (Wildman–Crippen LogP) is 1.23. The van der Waals surface area contributed by atoms with E-state index >= 15 is 0 Å². The van der Waals surface area contributed by atoms with Crippen LogP contribution < -0.4 is 11.1 Å². The highest BCUT2D eigenvalue weighted by molar-refractivity contribution is 7.89. The highest BCUT2D eigenvalue weighted by Gasteiger charge is 2.49. The molecule has 1 fully saturated rings. The van der Waals surface area contributed by atoms with Crippen molar-refractivity contribution < 1.29 is 21.6 Å². The minimum absolute atomic E-state index is 0.0182. The molecule has 3 N–H and O–H groups in total. The summed E-state index contributed by atoms with van der Waals surface area (Å²) in [7, 11) is -8.31. The van der Waals surface area contributed by atoms with Gasteiger partial charge in [-0.1, -0.05) is 53.5 Å². The number of sulfonamides is 2. The first-order valence-electron chi connectivity index (χ1n) is 9.56. The number of nitrogens with two attached hydrogens (primary N) is 1. The molecule has 0 spiro atoms. The van der Waals surface area contributed by atoms with E-state index in [0.29, 0.717) is 5.56 Å². The second-order valence-electron chi connectivity index (χ2n) is 7.00. The lowest BCUT2D eigenvalue weighted by atomic mass is 10.2. The van der Waals surface area contributed by atoms with Gasteiger partial charge in [-0.2, -0.15) is 8.61 Å². The Bertz CT molecular complexity index is 1190. The molecule has 13 heteroatoms. The summed E-state index contributed by atoms with van der Waals surface area (Å²) in [6, 6.07) is 12.2. The van der Waals surface area contributed by atoms with Crippen molar-refractivity contribution in [3.05, 3.63) is 64.1 Å². The zero-order valence-corrected chi connectivity index (χ0v) is 20.0. The van der Waals surface area contributed by atoms with Crippen molar-refractivity contribution >= 4 is 49.2 Å². The number of hydrogen-bond acceptors (Lipinski definition) is 6. The Morgan fingerprint density at radius 3 is 2.28 bits per heavy atom. The SMILES string of the molecule is NCCNC(=O)C1N(S(=O)(=O)Cc2ccccc2)CCN1S(=O)(=O)c1ccc(Cl)c(Cl)c1. The summed E-state index contributed by atoms with van der Waals surface area (Å²) in [5.74, 6) is -1.16. The minimum Gasteiger partial charge on any atom is -0.352 e. The second kappa shape index (κ2) is 10.0. The van der Waals surface area contributed by atoms with Gasteiger partial charge in [0.05, 0.1) is 20.7 Å². The molecule has 0 radical (unpaired) electrons. The molecule has 3 rings (SSSR count). The van der Waals surface area contributed by atoms with Gasteiger partial charge in [0, 0.05) is 26.2 Å². The Morgan fingerprint density at radius 1 is 1.00 bits per heavy atom. The largest absolute Gasteiger partial charge is 0.352 e. The van der Waals surface area contributed by atoms with E-state index in [1.54, 1.807) is 30.3 Å². The summed E-state index contributed by atoms with van der Waals surface area (Å²) in [5, 5.41) is 2.67. The molecule has 1 aliphatic rings. The molecular formula is C19H22Cl2N4O5S2. The van der Waals surface area contributed by atoms with Gasteiger partial charge in [0.25, 0.3) is 5.91 Å². The van der Waals surface area contributed by atoms with Crippen molar-refractivity contribution in [2.24, 2.45) is 5.73 Å². The molecule has 32 heavy (non-hydrogen) atoms. The average Bonchev–Trinajstić information content (AvgIpc) is 3.21. The van der Waals surface area contributed by atoms with Gasteiger partial charge in [-0.05, 0) is 23.8 Å². The van der Waals surface area contributed by atoms with Gasteiger partial charge in [0.2, 0.25) is 20.0 Å². The van der Waals surface area contributed by atoms with Crippen LogP contribution in [0, 0.1) is 0 Å². The molecule has 1 amide bonds. The molecule has 0 aliphatic carbocycles. The van der Waals surface area contributed by atoms with Crippen LogP contribution in [0.5, 0.6) is 0 Å². The number of nitrogens with zero attached hydrogens (tertiary/aromatic N) is 2. The van der Waals surface area contributed by atoms with Crippen molar-refractivity contribution in [2.45, 2.75) is 16.8 Å². The monoisotopic (exact) mass is 520 g/mol. The molecule has 0 saturated carbocycles. The van der Waals surface area contributed by atoms with Crippen LogP contribution in [-0.4, -0.2) is 63.7 Å². The smallest absolute Gasteiger partial charge is 0.254 e. The van der Waals surface area contributed by atoms with Gasteiger partial charge in [-0.15, -0.1) is 0 Å². The third-order valence-electron chi connectivity index (χ3n) is 4.81. The molecule has 2 aromatic rings. The van der Waals surface area contributed by atoms with E-state index in [1.807, 2.05) is 0 Å². The Hall–Kier alpha value is -1.73. The Morgan fingerprint density at radius 2 is 1.66 bits per heavy atom. The van der Waals surface area contributed by atoms with Crippen molar-refractivity contribution in [2.75, 3.05) is 26.2 Å². The number of nitrogens with one attached hydrogen (secondary N) is 1. The molecule has 0 bridgehead atoms. The molecule has 1 heterocycles. The standard InChI is InChI=1S/C19H22Cl2N4O5S2/c20-16-7-6-15(12-17(16)21)32(29,30)25-11-10-24(19(25)18(26)23-9-8-22)31(27,28)13-14-4-2-1-3-5-14/h1-7,12,19H,8-11,13,22H2,(H,23,26). The van der Waals surface area contributed by atoms with Crippen LogP contribution >= 0.6 is 23.2 Å². The molecule has 174 valence electrons. The lowest BCUT2D eigenvalue weighted by molar-refractivity contribution is -0.126. The maximum Gasteiger partial charge on any atom is 0.254 e. The van der Waals surface area contributed by atoms with Crippen LogP contribution in [-0.2, 0) is 30.6 Å². The van der Waals surface area contributed by atoms with Crippen LogP contribution in [0.3, 0.4) is 0 Å². The normalized spacial score (nSPS) is 18.0. The molecule has 2 aromatic carbocycles. The fourth-order valence-electron chi connectivity index (χ4n) is 3.32. The summed E-state index contributed by atoms with van der Waals surface area (Å²) >= 11 is 11.9. The maximum absolute atomic E-state index is 13.3. The second-order valence-corrected chi connectivity index (χ2v) is 11.6. The van der Waals surface area contributed by atoms with Crippen molar-refractivity contribution in [1.82, 2.24) is 13.9 Å². The van der Waals surface area contributed by atoms with E-state index in [0.717, 1.165) is 14.7 Å². The molecule has 1 unspecified atom stereocenters. The van der Waals surface area contributed by atoms with Crippen molar-refractivity contribution in [3.63, 3.8) is 0 Å². The van der Waals surface area contributed by atoms with E-state index in [4.69, 9.17) is 28.9 Å². The van der Waals surface area contributed by atoms with E-state index in [1.165, 1.54) is 12.1 Å². The fourth-order valence-corrected chi connectivity index (χ4v) is 6.96. The van der Waals surface area contributed by atoms with Crippen LogP contribution in [0.1, 0.15) is 5.56 Å². The molecule has 0 aromatic heterocycles. The van der Waals surface area contributed by atoms with Crippen LogP contribution in [0.4, 0.5) is 0 Å². The highest BCUT2D eigenvalue weighted by atomic mass is 35.5. The first-order chi connectivity index (χ1) is 15.1. The average molecular weight is 521 g/mol. The quantitative estimate of drug-likeness (QED) is 0.538. The molecular weight excluding hydrogens is 499 g/mol. The number of hydrogen-bond donors (Lipinski definition) is 2. The highest BCUT2D eigenvalue weighted by Crippen LogP contribution is 2.31. The lowest BCUT2D eigenvalue weighted by Gasteiger charge is -2.28. The zero-order valence-electron chi connectivity index (χ0n) is 16.8. The van der Waals surface area contributed by atoms with Gasteiger partial charge in [-0.25, -0.2) is 16.8 Å². The van der Waals surface area contributed by atoms with Crippen LogP contribution in [0.15, 0.2) is 53.4 Å². The van der Waals surface area contributed by atoms with E-state index < -0.39 is 32.1 Å². The molecule has 1 atom stereocenters. The molecule has 1 aliphatic heterocycles. The third kappa shape index (κ3) is 5.25. The Labute approximate surface area is 197 Å². The minimum atomic E-state index is -4.27. The predicted molar refractivity (Wildman–Crippen MR) is 122 cm³/mol. The van der Waals surface area contributed by atoms with E-state index in [-0.39, 0.29) is 46.9 Å². The van der Waals surface area contributed by atoms with Gasteiger partial charge in [0.1, 0.15) is 0 Å². The van der Waals surface area contributed by atoms with Crippen LogP contribution in [0.25, 0.3) is 0 Å². The molecule has 9 nitrogen and oxygen atoms in total. The number of carbonyl (C=O) groups excluding carboxylic acids is 1. The fraction of sp³-hybridized carbons (Fsp3) is 0.316. The lowest BCUT2D eigenvalue weighted by Crippen LogP contribution is -2.54. The summed E-state index contributed by atoms with van der Waals surface area (Å²) in [6.07, 6.45) is -1.60. The zero-order chi connectivity index (χ0) is 23.5. The van der Waals surface area contributed by atoms with Crippen molar-refractivity contribution in [3.8, 4) is 0 Å². The Balaban J connectivity index is 1.99. The number of amides is 1. The number of benzene rings is 2. The van der Waals surface area contributed by atoms with Gasteiger partial charge in [0.15, 0.2) is 6.17 Å². The van der Waals surface area contributed by atoms with Gasteiger partial charge >= 0.3 is 0 Å². The maximum atomic E-state index is 13.3. The van der Waals surface area contributed by atoms with Crippen LogP contribution in [0.2, 0.25) is 10.0 Å². The number of rotatable bonds is 8. The number of carbonyl (C=O) groups is 1. The topological polar surface area (TPSA) is 130 Å². The third-order valence-corrected chi connectivity index (χ3v) is 9.19. The number of halogens is 2. The molecule has 1 saturated heterocycles. The van der Waals surface area contributed by atoms with Crippen molar-refractivity contribution in [1.29, 1.82) is 0 Å². The van der Waals surface area contributed by atoms with Gasteiger partial charge < -0.3 is 11.1 Å². The summed E-state index contributed by atoms with van der Waals surface area (Å²) in [5.41, 5.74) is 5.95. The van der Waals surface area contributed by atoms with E-state index in [2.05, 4.69) is 5.32 Å². The Kier molecular flexibility index (Phi) is 7.81.